The molecule has 0 aromatic heterocycles. The lowest BCUT2D eigenvalue weighted by Crippen LogP contribution is -2.47. The van der Waals surface area contributed by atoms with E-state index in [9.17, 15) is 4.79 Å². The number of nitrogens with one attached hydrogen (secondary N) is 1. The van der Waals surface area contributed by atoms with Crippen LogP contribution < -0.4 is 5.32 Å². The fourth-order valence-electron chi connectivity index (χ4n) is 4.11. The fourth-order valence-corrected chi connectivity index (χ4v) is 4.11. The van der Waals surface area contributed by atoms with Crippen molar-refractivity contribution in [2.45, 2.75) is 71.8 Å². The van der Waals surface area contributed by atoms with E-state index in [4.69, 9.17) is 0 Å². The number of amides is 1. The highest BCUT2D eigenvalue weighted by atomic mass is 16.2. The molecule has 0 radical (unpaired) electrons. The topological polar surface area (TPSA) is 32.3 Å². The summed E-state index contributed by atoms with van der Waals surface area (Å²) in [5.74, 6) is 1.06. The predicted molar refractivity (Wildman–Crippen MR) is 83.6 cm³/mol. The van der Waals surface area contributed by atoms with Crippen molar-refractivity contribution in [1.82, 2.24) is 10.2 Å². The molecule has 0 aromatic carbocycles. The normalized spacial score (nSPS) is 23.5. The first kappa shape index (κ1) is 15.8. The SMILES string of the molecule is CC(C)CC1(CNC(C)C(=O)N2CCCC2)CCCC1. The van der Waals surface area contributed by atoms with Gasteiger partial charge in [-0.3, -0.25) is 4.79 Å². The van der Waals surface area contributed by atoms with E-state index in [0.29, 0.717) is 11.3 Å². The number of nitrogens with zero attached hydrogens (tertiary/aromatic N) is 1. The van der Waals surface area contributed by atoms with Crippen LogP contribution in [-0.4, -0.2) is 36.5 Å². The Morgan fingerprint density at radius 2 is 1.70 bits per heavy atom. The van der Waals surface area contributed by atoms with Gasteiger partial charge in [0.1, 0.15) is 0 Å². The Hall–Kier alpha value is -0.570. The van der Waals surface area contributed by atoms with Gasteiger partial charge in [0.15, 0.2) is 0 Å². The van der Waals surface area contributed by atoms with E-state index in [1.807, 2.05) is 11.8 Å². The van der Waals surface area contributed by atoms with Gasteiger partial charge in [0.25, 0.3) is 0 Å². The zero-order valence-electron chi connectivity index (χ0n) is 13.6. The molecule has 2 aliphatic rings. The van der Waals surface area contributed by atoms with Crippen LogP contribution >= 0.6 is 0 Å². The van der Waals surface area contributed by atoms with Gasteiger partial charge in [-0.25, -0.2) is 0 Å². The van der Waals surface area contributed by atoms with Gasteiger partial charge in [-0.05, 0) is 50.4 Å². The van der Waals surface area contributed by atoms with Crippen LogP contribution in [0.1, 0.15) is 65.7 Å². The van der Waals surface area contributed by atoms with E-state index in [0.717, 1.165) is 25.6 Å². The molecule has 3 nitrogen and oxygen atoms in total. The summed E-state index contributed by atoms with van der Waals surface area (Å²) in [4.78, 5) is 14.4. The van der Waals surface area contributed by atoms with Gasteiger partial charge >= 0.3 is 0 Å². The van der Waals surface area contributed by atoms with Gasteiger partial charge in [-0.2, -0.15) is 0 Å². The molecular formula is C17H32N2O. The first-order chi connectivity index (χ1) is 9.52. The molecule has 2 fully saturated rings. The van der Waals surface area contributed by atoms with Gasteiger partial charge in [-0.15, -0.1) is 0 Å². The lowest BCUT2D eigenvalue weighted by molar-refractivity contribution is -0.132. The molecule has 0 aromatic rings. The summed E-state index contributed by atoms with van der Waals surface area (Å²) in [5, 5.41) is 3.56. The van der Waals surface area contributed by atoms with Crippen molar-refractivity contribution in [2.24, 2.45) is 11.3 Å². The third-order valence-corrected chi connectivity index (χ3v) is 5.08. The van der Waals surface area contributed by atoms with E-state index < -0.39 is 0 Å². The largest absolute Gasteiger partial charge is 0.341 e. The Labute approximate surface area is 124 Å². The van der Waals surface area contributed by atoms with Crippen LogP contribution in [0.2, 0.25) is 0 Å². The van der Waals surface area contributed by atoms with Crippen LogP contribution in [0.3, 0.4) is 0 Å². The summed E-state index contributed by atoms with van der Waals surface area (Å²) in [5.41, 5.74) is 0.452. The quantitative estimate of drug-likeness (QED) is 0.810. The monoisotopic (exact) mass is 280 g/mol. The smallest absolute Gasteiger partial charge is 0.239 e. The minimum atomic E-state index is -0.0160. The van der Waals surface area contributed by atoms with E-state index in [1.165, 1.54) is 44.9 Å². The Balaban J connectivity index is 1.83. The van der Waals surface area contributed by atoms with Gasteiger partial charge in [0.2, 0.25) is 5.91 Å². The average molecular weight is 280 g/mol. The number of carbonyl (C=O) groups excluding carboxylic acids is 1. The molecule has 3 heteroatoms. The van der Waals surface area contributed by atoms with Gasteiger partial charge < -0.3 is 10.2 Å². The molecule has 1 atom stereocenters. The van der Waals surface area contributed by atoms with Gasteiger partial charge in [-0.1, -0.05) is 26.7 Å². The van der Waals surface area contributed by atoms with Crippen molar-refractivity contribution < 1.29 is 4.79 Å². The molecule has 0 spiro atoms. The molecule has 0 bridgehead atoms. The molecule has 116 valence electrons. The van der Waals surface area contributed by atoms with Crippen molar-refractivity contribution >= 4 is 5.91 Å². The molecule has 1 amide bonds. The maximum Gasteiger partial charge on any atom is 0.239 e. The highest BCUT2D eigenvalue weighted by molar-refractivity contribution is 5.81. The average Bonchev–Trinajstić information content (AvgIpc) is 3.06. The molecular weight excluding hydrogens is 248 g/mol. The second kappa shape index (κ2) is 6.93. The minimum absolute atomic E-state index is 0.0160. The summed E-state index contributed by atoms with van der Waals surface area (Å²) in [6.07, 6.45) is 9.05. The van der Waals surface area contributed by atoms with Gasteiger partial charge in [0.05, 0.1) is 6.04 Å². The van der Waals surface area contributed by atoms with Gasteiger partial charge in [0, 0.05) is 19.6 Å². The highest BCUT2D eigenvalue weighted by Gasteiger charge is 2.35. The fraction of sp³-hybridized carbons (Fsp3) is 0.941. The van der Waals surface area contributed by atoms with Crippen LogP contribution in [0.5, 0.6) is 0 Å². The second-order valence-corrected chi connectivity index (χ2v) is 7.44. The molecule has 1 heterocycles. The predicted octanol–water partition coefficient (Wildman–Crippen LogP) is 3.19. The summed E-state index contributed by atoms with van der Waals surface area (Å²) in [7, 11) is 0. The Bertz CT molecular complexity index is 315. The van der Waals surface area contributed by atoms with Crippen molar-refractivity contribution in [3.05, 3.63) is 0 Å². The van der Waals surface area contributed by atoms with E-state index in [1.54, 1.807) is 0 Å². The zero-order chi connectivity index (χ0) is 14.6. The maximum atomic E-state index is 12.3. The number of hydrogen-bond acceptors (Lipinski definition) is 2. The van der Waals surface area contributed by atoms with Crippen LogP contribution in [0.4, 0.5) is 0 Å². The summed E-state index contributed by atoms with van der Waals surface area (Å²) < 4.78 is 0. The van der Waals surface area contributed by atoms with E-state index in [-0.39, 0.29) is 6.04 Å². The molecule has 1 aliphatic carbocycles. The molecule has 2 rings (SSSR count). The molecule has 20 heavy (non-hydrogen) atoms. The highest BCUT2D eigenvalue weighted by Crippen LogP contribution is 2.42. The number of carbonyl (C=O) groups is 1. The number of rotatable bonds is 6. The Morgan fingerprint density at radius 1 is 1.10 bits per heavy atom. The molecule has 1 saturated heterocycles. The number of likely N-dealkylation sites (tertiary alicyclic amines) is 1. The summed E-state index contributed by atoms with van der Waals surface area (Å²) in [6, 6.07) is -0.0160. The van der Waals surface area contributed by atoms with Crippen molar-refractivity contribution in [1.29, 1.82) is 0 Å². The first-order valence-corrected chi connectivity index (χ1v) is 8.55. The van der Waals surface area contributed by atoms with Crippen LogP contribution in [-0.2, 0) is 4.79 Å². The molecule has 1 N–H and O–H groups in total. The summed E-state index contributed by atoms with van der Waals surface area (Å²) in [6.45, 7) is 9.62. The lowest BCUT2D eigenvalue weighted by atomic mass is 9.78. The molecule has 1 aliphatic heterocycles. The van der Waals surface area contributed by atoms with E-state index in [2.05, 4.69) is 19.2 Å². The standard InChI is InChI=1S/C17H32N2O/c1-14(2)12-17(8-4-5-9-17)13-18-15(3)16(20)19-10-6-7-11-19/h14-15,18H,4-13H2,1-3H3. The first-order valence-electron chi connectivity index (χ1n) is 8.55. The Morgan fingerprint density at radius 3 is 2.25 bits per heavy atom. The second-order valence-electron chi connectivity index (χ2n) is 7.44. The van der Waals surface area contributed by atoms with Crippen LogP contribution in [0.25, 0.3) is 0 Å². The van der Waals surface area contributed by atoms with Crippen molar-refractivity contribution in [2.75, 3.05) is 19.6 Å². The van der Waals surface area contributed by atoms with Crippen molar-refractivity contribution in [3.63, 3.8) is 0 Å². The molecule has 1 unspecified atom stereocenters. The third-order valence-electron chi connectivity index (χ3n) is 5.08. The third kappa shape index (κ3) is 3.97. The zero-order valence-corrected chi connectivity index (χ0v) is 13.6. The van der Waals surface area contributed by atoms with Crippen LogP contribution in [0, 0.1) is 11.3 Å². The van der Waals surface area contributed by atoms with Crippen LogP contribution in [0.15, 0.2) is 0 Å². The van der Waals surface area contributed by atoms with Crippen molar-refractivity contribution in [3.8, 4) is 0 Å². The minimum Gasteiger partial charge on any atom is -0.341 e. The van der Waals surface area contributed by atoms with E-state index >= 15 is 0 Å². The Kier molecular flexibility index (Phi) is 5.48. The lowest BCUT2D eigenvalue weighted by Gasteiger charge is -2.33. The summed E-state index contributed by atoms with van der Waals surface area (Å²) >= 11 is 0. The maximum absolute atomic E-state index is 12.3. The molecule has 1 saturated carbocycles. The number of hydrogen-bond donors (Lipinski definition) is 1.